The third-order valence-electron chi connectivity index (χ3n) is 4.00. The van der Waals surface area contributed by atoms with Gasteiger partial charge in [-0.15, -0.1) is 0 Å². The Labute approximate surface area is 136 Å². The standard InChI is InChI=1S/C18H22N4O/c1-13(2)10-19-17-9-16(20-12-21-17)18(23)22-8-7-14-5-3-4-6-15(14)11-22/h3-6,9,12-13H,7-8,10-11H2,1-2H3,(H,19,20,21). The number of carbonyl (C=O) groups excluding carboxylic acids is 1. The molecule has 1 amide bonds. The average molecular weight is 310 g/mol. The number of hydrogen-bond acceptors (Lipinski definition) is 4. The van der Waals surface area contributed by atoms with E-state index in [4.69, 9.17) is 0 Å². The monoisotopic (exact) mass is 310 g/mol. The van der Waals surface area contributed by atoms with Crippen molar-refractivity contribution in [3.05, 3.63) is 53.5 Å². The fourth-order valence-corrected chi connectivity index (χ4v) is 2.71. The molecule has 1 aliphatic heterocycles. The minimum absolute atomic E-state index is 0.0329. The highest BCUT2D eigenvalue weighted by Gasteiger charge is 2.22. The summed E-state index contributed by atoms with van der Waals surface area (Å²) in [6, 6.07) is 10.0. The summed E-state index contributed by atoms with van der Waals surface area (Å²) < 4.78 is 0. The second-order valence-electron chi connectivity index (χ2n) is 6.31. The lowest BCUT2D eigenvalue weighted by atomic mass is 10.00. The van der Waals surface area contributed by atoms with Crippen LogP contribution in [-0.4, -0.2) is 33.9 Å². The molecule has 0 aliphatic carbocycles. The highest BCUT2D eigenvalue weighted by Crippen LogP contribution is 2.20. The van der Waals surface area contributed by atoms with Crippen LogP contribution < -0.4 is 5.32 Å². The largest absolute Gasteiger partial charge is 0.370 e. The Kier molecular flexibility index (Phi) is 4.55. The molecule has 0 atom stereocenters. The molecule has 1 aromatic heterocycles. The van der Waals surface area contributed by atoms with Crippen LogP contribution in [0, 0.1) is 5.92 Å². The molecule has 0 unspecified atom stereocenters. The first-order chi connectivity index (χ1) is 11.1. The van der Waals surface area contributed by atoms with Gasteiger partial charge in [-0.1, -0.05) is 38.1 Å². The molecule has 0 bridgehead atoms. The molecule has 2 aromatic rings. The normalized spacial score (nSPS) is 13.8. The lowest BCUT2D eigenvalue weighted by Crippen LogP contribution is -2.36. The molecule has 1 aliphatic rings. The molecule has 1 N–H and O–H groups in total. The number of aromatic nitrogens is 2. The molecule has 5 nitrogen and oxygen atoms in total. The maximum atomic E-state index is 12.7. The summed E-state index contributed by atoms with van der Waals surface area (Å²) in [7, 11) is 0. The molecule has 0 fully saturated rings. The summed E-state index contributed by atoms with van der Waals surface area (Å²) in [5.74, 6) is 1.19. The van der Waals surface area contributed by atoms with Gasteiger partial charge in [0.05, 0.1) is 0 Å². The third kappa shape index (κ3) is 3.67. The third-order valence-corrected chi connectivity index (χ3v) is 4.00. The summed E-state index contributed by atoms with van der Waals surface area (Å²) in [6.07, 6.45) is 2.35. The number of nitrogens with zero attached hydrogens (tertiary/aromatic N) is 3. The number of amides is 1. The van der Waals surface area contributed by atoms with Crippen LogP contribution in [0.5, 0.6) is 0 Å². The zero-order chi connectivity index (χ0) is 16.2. The van der Waals surface area contributed by atoms with Gasteiger partial charge in [-0.2, -0.15) is 0 Å². The number of nitrogens with one attached hydrogen (secondary N) is 1. The summed E-state index contributed by atoms with van der Waals surface area (Å²) in [4.78, 5) is 22.9. The fourth-order valence-electron chi connectivity index (χ4n) is 2.71. The van der Waals surface area contributed by atoms with Gasteiger partial charge in [-0.3, -0.25) is 4.79 Å². The van der Waals surface area contributed by atoms with E-state index >= 15 is 0 Å². The van der Waals surface area contributed by atoms with E-state index in [9.17, 15) is 4.79 Å². The van der Waals surface area contributed by atoms with Crippen molar-refractivity contribution >= 4 is 11.7 Å². The van der Waals surface area contributed by atoms with E-state index < -0.39 is 0 Å². The number of carbonyl (C=O) groups is 1. The smallest absolute Gasteiger partial charge is 0.272 e. The van der Waals surface area contributed by atoms with Crippen molar-refractivity contribution < 1.29 is 4.79 Å². The lowest BCUT2D eigenvalue weighted by molar-refractivity contribution is 0.0728. The molecular formula is C18H22N4O. The first-order valence-electron chi connectivity index (χ1n) is 8.05. The molecule has 1 aromatic carbocycles. The van der Waals surface area contributed by atoms with E-state index in [1.54, 1.807) is 6.07 Å². The molecule has 0 saturated carbocycles. The Morgan fingerprint density at radius 3 is 2.83 bits per heavy atom. The van der Waals surface area contributed by atoms with Crippen molar-refractivity contribution in [3.63, 3.8) is 0 Å². The van der Waals surface area contributed by atoms with Crippen LogP contribution in [0.15, 0.2) is 36.7 Å². The number of rotatable bonds is 4. The van der Waals surface area contributed by atoms with Crippen LogP contribution in [0.3, 0.4) is 0 Å². The van der Waals surface area contributed by atoms with E-state index in [0.29, 0.717) is 24.0 Å². The van der Waals surface area contributed by atoms with Crippen LogP contribution in [-0.2, 0) is 13.0 Å². The molecule has 0 saturated heterocycles. The van der Waals surface area contributed by atoms with E-state index in [-0.39, 0.29) is 5.91 Å². The van der Waals surface area contributed by atoms with Crippen LogP contribution in [0.1, 0.15) is 35.5 Å². The maximum absolute atomic E-state index is 12.7. The Bertz CT molecular complexity index is 699. The van der Waals surface area contributed by atoms with E-state index in [1.165, 1.54) is 17.5 Å². The summed E-state index contributed by atoms with van der Waals surface area (Å²) in [5.41, 5.74) is 3.00. The SMILES string of the molecule is CC(C)CNc1cc(C(=O)N2CCc3ccccc3C2)ncn1. The summed E-state index contributed by atoms with van der Waals surface area (Å²) >= 11 is 0. The Morgan fingerprint density at radius 1 is 1.26 bits per heavy atom. The second kappa shape index (κ2) is 6.77. The van der Waals surface area contributed by atoms with Crippen molar-refractivity contribution in [1.29, 1.82) is 0 Å². The molecule has 120 valence electrons. The van der Waals surface area contributed by atoms with Gasteiger partial charge in [0.1, 0.15) is 17.8 Å². The predicted molar refractivity (Wildman–Crippen MR) is 90.2 cm³/mol. The quantitative estimate of drug-likeness (QED) is 0.943. The number of anilines is 1. The molecule has 3 rings (SSSR count). The number of hydrogen-bond donors (Lipinski definition) is 1. The van der Waals surface area contributed by atoms with Crippen molar-refractivity contribution in [2.24, 2.45) is 5.92 Å². The molecule has 5 heteroatoms. The van der Waals surface area contributed by atoms with Gasteiger partial charge in [0.25, 0.3) is 5.91 Å². The Hall–Kier alpha value is -2.43. The van der Waals surface area contributed by atoms with E-state index in [2.05, 4.69) is 41.3 Å². The Balaban J connectivity index is 1.72. The average Bonchev–Trinajstić information content (AvgIpc) is 2.59. The van der Waals surface area contributed by atoms with Crippen molar-refractivity contribution in [3.8, 4) is 0 Å². The maximum Gasteiger partial charge on any atom is 0.272 e. The molecular weight excluding hydrogens is 288 g/mol. The molecule has 0 radical (unpaired) electrons. The summed E-state index contributed by atoms with van der Waals surface area (Å²) in [6.45, 7) is 6.46. The van der Waals surface area contributed by atoms with Crippen molar-refractivity contribution in [2.45, 2.75) is 26.8 Å². The van der Waals surface area contributed by atoms with Gasteiger partial charge in [0, 0.05) is 25.7 Å². The van der Waals surface area contributed by atoms with Crippen molar-refractivity contribution in [1.82, 2.24) is 14.9 Å². The van der Waals surface area contributed by atoms with Crippen LogP contribution in [0.4, 0.5) is 5.82 Å². The molecule has 2 heterocycles. The molecule has 23 heavy (non-hydrogen) atoms. The van der Waals surface area contributed by atoms with Crippen LogP contribution in [0.2, 0.25) is 0 Å². The fraction of sp³-hybridized carbons (Fsp3) is 0.389. The first-order valence-corrected chi connectivity index (χ1v) is 8.05. The first kappa shape index (κ1) is 15.5. The number of fused-ring (bicyclic) bond motifs is 1. The van der Waals surface area contributed by atoms with Gasteiger partial charge in [-0.25, -0.2) is 9.97 Å². The zero-order valence-electron chi connectivity index (χ0n) is 13.6. The highest BCUT2D eigenvalue weighted by molar-refractivity contribution is 5.93. The zero-order valence-corrected chi connectivity index (χ0v) is 13.6. The lowest BCUT2D eigenvalue weighted by Gasteiger charge is -2.28. The van der Waals surface area contributed by atoms with Gasteiger partial charge in [-0.05, 0) is 23.5 Å². The van der Waals surface area contributed by atoms with Gasteiger partial charge < -0.3 is 10.2 Å². The predicted octanol–water partition coefficient (Wildman–Crippen LogP) is 2.74. The van der Waals surface area contributed by atoms with Gasteiger partial charge >= 0.3 is 0 Å². The minimum Gasteiger partial charge on any atom is -0.370 e. The van der Waals surface area contributed by atoms with Gasteiger partial charge in [0.15, 0.2) is 0 Å². The van der Waals surface area contributed by atoms with Crippen molar-refractivity contribution in [2.75, 3.05) is 18.4 Å². The van der Waals surface area contributed by atoms with Crippen LogP contribution in [0.25, 0.3) is 0 Å². The van der Waals surface area contributed by atoms with Crippen LogP contribution >= 0.6 is 0 Å². The van der Waals surface area contributed by atoms with Gasteiger partial charge in [0.2, 0.25) is 0 Å². The van der Waals surface area contributed by atoms with E-state index in [0.717, 1.165) is 19.5 Å². The summed E-state index contributed by atoms with van der Waals surface area (Å²) in [5, 5.41) is 3.24. The molecule has 0 spiro atoms. The van der Waals surface area contributed by atoms with E-state index in [1.807, 2.05) is 17.0 Å². The topological polar surface area (TPSA) is 58.1 Å². The highest BCUT2D eigenvalue weighted by atomic mass is 16.2. The number of benzene rings is 1. The minimum atomic E-state index is -0.0329. The second-order valence-corrected chi connectivity index (χ2v) is 6.31. The Morgan fingerprint density at radius 2 is 2.04 bits per heavy atom.